The molecule has 6 nitrogen and oxygen atoms in total. The first kappa shape index (κ1) is 18.3. The summed E-state index contributed by atoms with van der Waals surface area (Å²) in [5.41, 5.74) is 1.29. The molecule has 3 aromatic rings. The molecule has 4 rings (SSSR count). The third kappa shape index (κ3) is 3.64. The zero-order chi connectivity index (χ0) is 19.7. The molecule has 0 aliphatic carbocycles. The second-order valence-corrected chi connectivity index (χ2v) is 6.71. The molecule has 9 heteroatoms. The Kier molecular flexibility index (Phi) is 4.66. The first-order chi connectivity index (χ1) is 13.4. The fourth-order valence-corrected chi connectivity index (χ4v) is 3.41. The van der Waals surface area contributed by atoms with Crippen LogP contribution in [-0.4, -0.2) is 34.0 Å². The summed E-state index contributed by atoms with van der Waals surface area (Å²) in [5, 5.41) is 10.6. The zero-order valence-electron chi connectivity index (χ0n) is 14.9. The lowest BCUT2D eigenvalue weighted by atomic mass is 10.1. The van der Waals surface area contributed by atoms with Crippen molar-refractivity contribution in [3.05, 3.63) is 48.0 Å². The van der Waals surface area contributed by atoms with Crippen molar-refractivity contribution in [1.29, 1.82) is 0 Å². The smallest absolute Gasteiger partial charge is 0.370 e. The van der Waals surface area contributed by atoms with Crippen LogP contribution in [0.2, 0.25) is 0 Å². The number of amides is 1. The average molecular weight is 389 g/mol. The maximum atomic E-state index is 13.1. The van der Waals surface area contributed by atoms with Gasteiger partial charge in [-0.15, -0.1) is 5.10 Å². The Morgan fingerprint density at radius 3 is 2.61 bits per heavy atom. The fraction of sp³-hybridized carbons (Fsp3) is 0.316. The monoisotopic (exact) mass is 389 g/mol. The second-order valence-electron chi connectivity index (χ2n) is 6.71. The molecule has 1 aromatic heterocycles. The van der Waals surface area contributed by atoms with Gasteiger partial charge in [0.2, 0.25) is 5.91 Å². The number of hydrogen-bond acceptors (Lipinski definition) is 4. The number of fused-ring (bicyclic) bond motifs is 1. The average Bonchev–Trinajstić information content (AvgIpc) is 3.31. The molecule has 1 aliphatic heterocycles. The summed E-state index contributed by atoms with van der Waals surface area (Å²) in [5.74, 6) is -0.463. The molecule has 2 heterocycles. The molecule has 0 unspecified atom stereocenters. The number of carbonyl (C=O) groups excluding carboxylic acids is 1. The number of para-hydroxylation sites is 1. The van der Waals surface area contributed by atoms with E-state index in [0.717, 1.165) is 38.1 Å². The van der Waals surface area contributed by atoms with Crippen molar-refractivity contribution in [2.75, 3.05) is 23.3 Å². The van der Waals surface area contributed by atoms with E-state index >= 15 is 0 Å². The molecule has 28 heavy (non-hydrogen) atoms. The lowest BCUT2D eigenvalue weighted by Crippen LogP contribution is -2.24. The van der Waals surface area contributed by atoms with Crippen molar-refractivity contribution in [3.63, 3.8) is 0 Å². The van der Waals surface area contributed by atoms with Crippen LogP contribution in [0.15, 0.2) is 42.5 Å². The van der Waals surface area contributed by atoms with E-state index in [0.29, 0.717) is 16.7 Å². The highest BCUT2D eigenvalue weighted by Gasteiger charge is 2.32. The number of rotatable bonds is 4. The predicted octanol–water partition coefficient (Wildman–Crippen LogP) is 3.69. The van der Waals surface area contributed by atoms with Gasteiger partial charge in [0, 0.05) is 13.1 Å². The van der Waals surface area contributed by atoms with Gasteiger partial charge in [-0.05, 0) is 43.2 Å². The SMILES string of the molecule is O=C(Cn1nnc2ccccc21)Nc1cc(C(F)(F)F)ccc1N1CCCC1. The third-order valence-corrected chi connectivity index (χ3v) is 4.76. The molecule has 0 atom stereocenters. The van der Waals surface area contributed by atoms with Gasteiger partial charge in [0.15, 0.2) is 0 Å². The number of carbonyl (C=O) groups is 1. The van der Waals surface area contributed by atoms with Crippen molar-refractivity contribution in [2.45, 2.75) is 25.6 Å². The molecule has 1 saturated heterocycles. The molecular weight excluding hydrogens is 371 g/mol. The highest BCUT2D eigenvalue weighted by atomic mass is 19.4. The molecule has 1 aliphatic rings. The van der Waals surface area contributed by atoms with Crippen LogP contribution in [0.5, 0.6) is 0 Å². The Labute approximate surface area is 158 Å². The van der Waals surface area contributed by atoms with E-state index in [-0.39, 0.29) is 12.2 Å². The molecule has 1 N–H and O–H groups in total. The van der Waals surface area contributed by atoms with E-state index in [2.05, 4.69) is 15.6 Å². The first-order valence-electron chi connectivity index (χ1n) is 8.96. The number of benzene rings is 2. The maximum absolute atomic E-state index is 13.1. The van der Waals surface area contributed by atoms with Crippen molar-refractivity contribution in [2.24, 2.45) is 0 Å². The van der Waals surface area contributed by atoms with E-state index in [9.17, 15) is 18.0 Å². The highest BCUT2D eigenvalue weighted by molar-refractivity contribution is 5.95. The largest absolute Gasteiger partial charge is 0.416 e. The molecule has 0 spiro atoms. The minimum Gasteiger partial charge on any atom is -0.370 e. The van der Waals surface area contributed by atoms with Crippen LogP contribution in [0, 0.1) is 0 Å². The van der Waals surface area contributed by atoms with Crippen LogP contribution in [0.3, 0.4) is 0 Å². The topological polar surface area (TPSA) is 63.1 Å². The summed E-state index contributed by atoms with van der Waals surface area (Å²) in [6.45, 7) is 1.36. The molecule has 2 aromatic carbocycles. The van der Waals surface area contributed by atoms with Crippen LogP contribution in [0.25, 0.3) is 11.0 Å². The van der Waals surface area contributed by atoms with E-state index in [1.54, 1.807) is 18.2 Å². The van der Waals surface area contributed by atoms with E-state index < -0.39 is 17.6 Å². The van der Waals surface area contributed by atoms with E-state index in [1.165, 1.54) is 10.7 Å². The summed E-state index contributed by atoms with van der Waals surface area (Å²) < 4.78 is 40.9. The zero-order valence-corrected chi connectivity index (χ0v) is 14.9. The fourth-order valence-electron chi connectivity index (χ4n) is 3.41. The summed E-state index contributed by atoms with van der Waals surface area (Å²) >= 11 is 0. The molecule has 1 fully saturated rings. The standard InChI is InChI=1S/C19H18F3N5O/c20-19(21,22)13-7-8-16(26-9-3-4-10-26)15(11-13)23-18(28)12-27-17-6-2-1-5-14(17)24-25-27/h1-2,5-8,11H,3-4,9-10,12H2,(H,23,28). The Bertz CT molecular complexity index is 1010. The van der Waals surface area contributed by atoms with Gasteiger partial charge in [-0.2, -0.15) is 13.2 Å². The van der Waals surface area contributed by atoms with Gasteiger partial charge in [-0.25, -0.2) is 4.68 Å². The minimum atomic E-state index is -4.48. The van der Waals surface area contributed by atoms with Crippen molar-refractivity contribution >= 4 is 28.3 Å². The molecule has 0 radical (unpaired) electrons. The Morgan fingerprint density at radius 1 is 1.11 bits per heavy atom. The summed E-state index contributed by atoms with van der Waals surface area (Å²) in [4.78, 5) is 14.5. The summed E-state index contributed by atoms with van der Waals surface area (Å²) in [7, 11) is 0. The molecule has 1 amide bonds. The van der Waals surface area contributed by atoms with Gasteiger partial charge < -0.3 is 10.2 Å². The third-order valence-electron chi connectivity index (χ3n) is 4.76. The summed E-state index contributed by atoms with van der Waals surface area (Å²) in [6.07, 6.45) is -2.54. The Morgan fingerprint density at radius 2 is 1.86 bits per heavy atom. The second kappa shape index (κ2) is 7.14. The quantitative estimate of drug-likeness (QED) is 0.739. The normalized spacial score (nSPS) is 14.6. The van der Waals surface area contributed by atoms with Gasteiger partial charge >= 0.3 is 6.18 Å². The Hall–Kier alpha value is -3.10. The highest BCUT2D eigenvalue weighted by Crippen LogP contribution is 2.36. The number of alkyl halides is 3. The number of nitrogens with one attached hydrogen (secondary N) is 1. The van der Waals surface area contributed by atoms with E-state index in [4.69, 9.17) is 0 Å². The van der Waals surface area contributed by atoms with Crippen LogP contribution in [0.4, 0.5) is 24.5 Å². The van der Waals surface area contributed by atoms with Gasteiger partial charge in [-0.3, -0.25) is 4.79 Å². The predicted molar refractivity (Wildman–Crippen MR) is 99.0 cm³/mol. The van der Waals surface area contributed by atoms with Gasteiger partial charge in [0.1, 0.15) is 12.1 Å². The number of anilines is 2. The van der Waals surface area contributed by atoms with E-state index in [1.807, 2.05) is 11.0 Å². The van der Waals surface area contributed by atoms with Crippen LogP contribution < -0.4 is 10.2 Å². The number of nitrogens with zero attached hydrogens (tertiary/aromatic N) is 4. The maximum Gasteiger partial charge on any atom is 0.416 e. The van der Waals surface area contributed by atoms with Crippen LogP contribution in [0.1, 0.15) is 18.4 Å². The van der Waals surface area contributed by atoms with Crippen LogP contribution in [-0.2, 0) is 17.5 Å². The summed E-state index contributed by atoms with van der Waals surface area (Å²) in [6, 6.07) is 10.6. The van der Waals surface area contributed by atoms with Gasteiger partial charge in [0.25, 0.3) is 0 Å². The first-order valence-corrected chi connectivity index (χ1v) is 8.96. The molecule has 0 bridgehead atoms. The Balaban J connectivity index is 1.60. The molecular formula is C19H18F3N5O. The van der Waals surface area contributed by atoms with Crippen molar-refractivity contribution in [1.82, 2.24) is 15.0 Å². The van der Waals surface area contributed by atoms with Gasteiger partial charge in [-0.1, -0.05) is 17.3 Å². The van der Waals surface area contributed by atoms with Crippen LogP contribution >= 0.6 is 0 Å². The molecule has 0 saturated carbocycles. The van der Waals surface area contributed by atoms with Gasteiger partial charge in [0.05, 0.1) is 22.5 Å². The minimum absolute atomic E-state index is 0.143. The lowest BCUT2D eigenvalue weighted by molar-refractivity contribution is -0.137. The van der Waals surface area contributed by atoms with Crippen molar-refractivity contribution in [3.8, 4) is 0 Å². The number of hydrogen-bond donors (Lipinski definition) is 1. The molecule has 146 valence electrons. The number of aromatic nitrogens is 3. The van der Waals surface area contributed by atoms with Crippen molar-refractivity contribution < 1.29 is 18.0 Å². The number of halogens is 3. The lowest BCUT2D eigenvalue weighted by Gasteiger charge is -2.23.